The highest BCUT2D eigenvalue weighted by molar-refractivity contribution is 9.10. The molecule has 1 aromatic rings. The van der Waals surface area contributed by atoms with Crippen LogP contribution in [0.5, 0.6) is 11.5 Å². The predicted octanol–water partition coefficient (Wildman–Crippen LogP) is 3.24. The molecule has 0 atom stereocenters. The summed E-state index contributed by atoms with van der Waals surface area (Å²) in [5, 5.41) is 0. The lowest BCUT2D eigenvalue weighted by atomic mass is 9.92. The first kappa shape index (κ1) is 13.7. The van der Waals surface area contributed by atoms with Crippen molar-refractivity contribution in [2.75, 3.05) is 19.8 Å². The predicted molar refractivity (Wildman–Crippen MR) is 76.6 cm³/mol. The van der Waals surface area contributed by atoms with Crippen LogP contribution in [0, 0.1) is 0 Å². The normalized spacial score (nSPS) is 14.1. The third-order valence-corrected chi connectivity index (χ3v) is 3.71. The van der Waals surface area contributed by atoms with Gasteiger partial charge in [-0.3, -0.25) is 0 Å². The van der Waals surface area contributed by atoms with Crippen molar-refractivity contribution in [1.82, 2.24) is 0 Å². The molecule has 0 unspecified atom stereocenters. The van der Waals surface area contributed by atoms with Crippen LogP contribution in [-0.4, -0.2) is 19.8 Å². The molecule has 2 rings (SSSR count). The molecule has 100 valence electrons. The zero-order valence-corrected chi connectivity index (χ0v) is 12.5. The highest BCUT2D eigenvalue weighted by Crippen LogP contribution is 2.45. The smallest absolute Gasteiger partial charge is 0.175 e. The highest BCUT2D eigenvalue weighted by atomic mass is 79.9. The first-order chi connectivity index (χ1) is 8.65. The van der Waals surface area contributed by atoms with Crippen molar-refractivity contribution < 1.29 is 9.47 Å². The molecule has 4 heteroatoms. The molecule has 3 nitrogen and oxygen atoms in total. The van der Waals surface area contributed by atoms with Crippen LogP contribution in [0.2, 0.25) is 0 Å². The molecule has 2 N–H and O–H groups in total. The van der Waals surface area contributed by atoms with Crippen molar-refractivity contribution in [3.8, 4) is 11.5 Å². The summed E-state index contributed by atoms with van der Waals surface area (Å²) in [6.07, 6.45) is 1.98. The number of halogens is 1. The Morgan fingerprint density at radius 1 is 1.28 bits per heavy atom. The Morgan fingerprint density at radius 2 is 1.94 bits per heavy atom. The number of fused-ring (bicyclic) bond motifs is 1. The SMILES string of the molecule is CC(C)c1c(CCCN)cc(Br)c2c1OCCO2. The molecule has 0 radical (unpaired) electrons. The molecule has 0 spiro atoms. The van der Waals surface area contributed by atoms with Crippen LogP contribution in [0.3, 0.4) is 0 Å². The molecule has 1 aliphatic rings. The topological polar surface area (TPSA) is 44.5 Å². The number of aryl methyl sites for hydroxylation is 1. The standard InChI is InChI=1S/C14H20BrNO2/c1-9(2)12-10(4-3-5-16)8-11(15)13-14(12)18-7-6-17-13/h8-9H,3-7,16H2,1-2H3. The minimum atomic E-state index is 0.418. The summed E-state index contributed by atoms with van der Waals surface area (Å²) in [7, 11) is 0. The van der Waals surface area contributed by atoms with E-state index in [9.17, 15) is 0 Å². The first-order valence-corrected chi connectivity index (χ1v) is 7.25. The van der Waals surface area contributed by atoms with Crippen molar-refractivity contribution in [2.45, 2.75) is 32.6 Å². The Bertz CT molecular complexity index is 432. The van der Waals surface area contributed by atoms with Gasteiger partial charge in [0.05, 0.1) is 4.47 Å². The number of ether oxygens (including phenoxy) is 2. The number of rotatable bonds is 4. The maximum absolute atomic E-state index is 5.83. The van der Waals surface area contributed by atoms with Crippen LogP contribution in [0.25, 0.3) is 0 Å². The minimum absolute atomic E-state index is 0.418. The maximum atomic E-state index is 5.83. The van der Waals surface area contributed by atoms with Gasteiger partial charge in [0.25, 0.3) is 0 Å². The van der Waals surface area contributed by atoms with Crippen LogP contribution in [0.15, 0.2) is 10.5 Å². The van der Waals surface area contributed by atoms with Gasteiger partial charge in [-0.2, -0.15) is 0 Å². The Labute approximate surface area is 117 Å². The minimum Gasteiger partial charge on any atom is -0.486 e. The Kier molecular flexibility index (Phi) is 4.51. The maximum Gasteiger partial charge on any atom is 0.175 e. The van der Waals surface area contributed by atoms with Crippen LogP contribution < -0.4 is 15.2 Å². The van der Waals surface area contributed by atoms with Gasteiger partial charge in [-0.25, -0.2) is 0 Å². The lowest BCUT2D eigenvalue weighted by Crippen LogP contribution is -2.18. The molecule has 0 aromatic heterocycles. The molecule has 0 aliphatic carbocycles. The van der Waals surface area contributed by atoms with E-state index in [0.29, 0.717) is 25.7 Å². The van der Waals surface area contributed by atoms with Crippen molar-refractivity contribution in [3.63, 3.8) is 0 Å². The van der Waals surface area contributed by atoms with Crippen molar-refractivity contribution in [2.24, 2.45) is 5.73 Å². The second kappa shape index (κ2) is 5.93. The van der Waals surface area contributed by atoms with E-state index in [1.54, 1.807) is 0 Å². The summed E-state index contributed by atoms with van der Waals surface area (Å²) in [4.78, 5) is 0. The Morgan fingerprint density at radius 3 is 2.56 bits per heavy atom. The number of benzene rings is 1. The lowest BCUT2D eigenvalue weighted by Gasteiger charge is -2.26. The second-order valence-corrected chi connectivity index (χ2v) is 5.69. The van der Waals surface area contributed by atoms with Crippen LogP contribution in [0.1, 0.15) is 37.3 Å². The van der Waals surface area contributed by atoms with Crippen molar-refractivity contribution >= 4 is 15.9 Å². The van der Waals surface area contributed by atoms with Crippen LogP contribution in [-0.2, 0) is 6.42 Å². The van der Waals surface area contributed by atoms with Crippen molar-refractivity contribution in [1.29, 1.82) is 0 Å². The van der Waals surface area contributed by atoms with Gasteiger partial charge >= 0.3 is 0 Å². The zero-order valence-electron chi connectivity index (χ0n) is 11.0. The molecule has 0 amide bonds. The van der Waals surface area contributed by atoms with E-state index in [4.69, 9.17) is 15.2 Å². The monoisotopic (exact) mass is 313 g/mol. The van der Waals surface area contributed by atoms with Crippen LogP contribution >= 0.6 is 15.9 Å². The molecule has 1 aromatic carbocycles. The van der Waals surface area contributed by atoms with E-state index in [1.165, 1.54) is 11.1 Å². The van der Waals surface area contributed by atoms with E-state index in [-0.39, 0.29) is 0 Å². The lowest BCUT2D eigenvalue weighted by molar-refractivity contribution is 0.168. The van der Waals surface area contributed by atoms with Gasteiger partial charge in [-0.15, -0.1) is 0 Å². The largest absolute Gasteiger partial charge is 0.486 e. The van der Waals surface area contributed by atoms with Gasteiger partial charge in [-0.05, 0) is 52.9 Å². The molecule has 0 saturated heterocycles. The van der Waals surface area contributed by atoms with Gasteiger partial charge in [0.15, 0.2) is 11.5 Å². The number of hydrogen-bond acceptors (Lipinski definition) is 3. The van der Waals surface area contributed by atoms with Gasteiger partial charge in [0.2, 0.25) is 0 Å². The third-order valence-electron chi connectivity index (χ3n) is 3.12. The molecular formula is C14H20BrNO2. The first-order valence-electron chi connectivity index (χ1n) is 6.46. The summed E-state index contributed by atoms with van der Waals surface area (Å²) in [5.41, 5.74) is 8.19. The third kappa shape index (κ3) is 2.64. The summed E-state index contributed by atoms with van der Waals surface area (Å²) >= 11 is 3.57. The summed E-state index contributed by atoms with van der Waals surface area (Å²) < 4.78 is 12.5. The summed E-state index contributed by atoms with van der Waals surface area (Å²) in [6, 6.07) is 2.15. The van der Waals surface area contributed by atoms with Crippen LogP contribution in [0.4, 0.5) is 0 Å². The fourth-order valence-electron chi connectivity index (χ4n) is 2.37. The molecule has 0 saturated carbocycles. The molecule has 0 bridgehead atoms. The quantitative estimate of drug-likeness (QED) is 0.928. The molecule has 1 aliphatic heterocycles. The fraction of sp³-hybridized carbons (Fsp3) is 0.571. The highest BCUT2D eigenvalue weighted by Gasteiger charge is 2.24. The fourth-order valence-corrected chi connectivity index (χ4v) is 2.94. The molecule has 18 heavy (non-hydrogen) atoms. The average Bonchev–Trinajstić information content (AvgIpc) is 2.36. The van der Waals surface area contributed by atoms with Gasteiger partial charge in [-0.1, -0.05) is 13.8 Å². The van der Waals surface area contributed by atoms with E-state index in [2.05, 4.69) is 35.8 Å². The number of nitrogens with two attached hydrogens (primary N) is 1. The van der Waals surface area contributed by atoms with Gasteiger partial charge in [0, 0.05) is 5.56 Å². The second-order valence-electron chi connectivity index (χ2n) is 4.83. The van der Waals surface area contributed by atoms with Gasteiger partial charge < -0.3 is 15.2 Å². The Balaban J connectivity index is 2.49. The molecular weight excluding hydrogens is 294 g/mol. The van der Waals surface area contributed by atoms with E-state index < -0.39 is 0 Å². The van der Waals surface area contributed by atoms with E-state index >= 15 is 0 Å². The van der Waals surface area contributed by atoms with Crippen molar-refractivity contribution in [3.05, 3.63) is 21.7 Å². The summed E-state index contributed by atoms with van der Waals surface area (Å²) in [5.74, 6) is 2.18. The molecule has 1 heterocycles. The Hall–Kier alpha value is -0.740. The van der Waals surface area contributed by atoms with E-state index in [1.807, 2.05) is 0 Å². The molecule has 0 fully saturated rings. The van der Waals surface area contributed by atoms with E-state index in [0.717, 1.165) is 28.8 Å². The average molecular weight is 314 g/mol. The van der Waals surface area contributed by atoms with Gasteiger partial charge in [0.1, 0.15) is 13.2 Å². The zero-order chi connectivity index (χ0) is 13.1. The number of hydrogen-bond donors (Lipinski definition) is 1. The summed E-state index contributed by atoms with van der Waals surface area (Å²) in [6.45, 7) is 6.33.